The summed E-state index contributed by atoms with van der Waals surface area (Å²) in [4.78, 5) is 0.140. The first kappa shape index (κ1) is 18.9. The fourth-order valence-corrected chi connectivity index (χ4v) is 3.96. The molecule has 0 aliphatic rings. The third-order valence-corrected chi connectivity index (χ3v) is 5.56. The van der Waals surface area contributed by atoms with E-state index in [2.05, 4.69) is 0 Å². The van der Waals surface area contributed by atoms with Gasteiger partial charge in [0.15, 0.2) is 11.5 Å². The molecule has 6 nitrogen and oxygen atoms in total. The number of rotatable bonds is 8. The number of hydrogen-bond donors (Lipinski definition) is 0. The van der Waals surface area contributed by atoms with Gasteiger partial charge in [0.1, 0.15) is 5.75 Å². The zero-order chi connectivity index (χ0) is 18.4. The van der Waals surface area contributed by atoms with Crippen LogP contribution in [0, 0.1) is 0 Å². The second-order valence-corrected chi connectivity index (χ2v) is 6.98. The molecule has 25 heavy (non-hydrogen) atoms. The van der Waals surface area contributed by atoms with Crippen molar-refractivity contribution in [2.75, 3.05) is 31.7 Å². The van der Waals surface area contributed by atoms with Gasteiger partial charge in [-0.05, 0) is 50.2 Å². The van der Waals surface area contributed by atoms with Gasteiger partial charge in [-0.25, -0.2) is 8.42 Å². The fraction of sp³-hybridized carbons (Fsp3) is 0.333. The van der Waals surface area contributed by atoms with E-state index < -0.39 is 10.0 Å². The average molecular weight is 365 g/mol. The van der Waals surface area contributed by atoms with E-state index in [4.69, 9.17) is 14.2 Å². The zero-order valence-corrected chi connectivity index (χ0v) is 15.7. The van der Waals surface area contributed by atoms with E-state index >= 15 is 0 Å². The molecule has 0 amide bonds. The van der Waals surface area contributed by atoms with Crippen molar-refractivity contribution < 1.29 is 22.6 Å². The number of nitrogens with zero attached hydrogens (tertiary/aromatic N) is 1. The summed E-state index contributed by atoms with van der Waals surface area (Å²) < 4.78 is 43.2. The standard InChI is InChI=1S/C18H23NO5S/c1-5-19(14-7-9-15(10-8-14)24-6-2)25(20,21)16-11-12-17(22-3)18(13-16)23-4/h7-13H,5-6H2,1-4H3. The monoisotopic (exact) mass is 365 g/mol. The molecule has 0 unspecified atom stereocenters. The molecule has 2 rings (SSSR count). The topological polar surface area (TPSA) is 65.1 Å². The molecule has 0 saturated carbocycles. The third-order valence-electron chi connectivity index (χ3n) is 3.67. The number of ether oxygens (including phenoxy) is 3. The van der Waals surface area contributed by atoms with Crippen molar-refractivity contribution in [1.82, 2.24) is 0 Å². The second kappa shape index (κ2) is 8.11. The molecule has 0 heterocycles. The van der Waals surface area contributed by atoms with Gasteiger partial charge in [-0.2, -0.15) is 0 Å². The predicted molar refractivity (Wildman–Crippen MR) is 97.4 cm³/mol. The maximum Gasteiger partial charge on any atom is 0.264 e. The van der Waals surface area contributed by atoms with E-state index in [0.29, 0.717) is 36.1 Å². The molecule has 0 radical (unpaired) electrons. The molecule has 7 heteroatoms. The van der Waals surface area contributed by atoms with E-state index in [1.807, 2.05) is 6.92 Å². The Kier molecular flexibility index (Phi) is 6.14. The summed E-state index contributed by atoms with van der Waals surface area (Å²) >= 11 is 0. The molecule has 0 aromatic heterocycles. The van der Waals surface area contributed by atoms with Crippen LogP contribution in [0.4, 0.5) is 5.69 Å². The minimum atomic E-state index is -3.73. The van der Waals surface area contributed by atoms with Crippen molar-refractivity contribution in [1.29, 1.82) is 0 Å². The van der Waals surface area contributed by atoms with Gasteiger partial charge in [0.25, 0.3) is 10.0 Å². The van der Waals surface area contributed by atoms with E-state index in [1.165, 1.54) is 30.7 Å². The van der Waals surface area contributed by atoms with Gasteiger partial charge in [-0.3, -0.25) is 4.31 Å². The molecule has 0 spiro atoms. The Hall–Kier alpha value is -2.41. The Labute approximate surface area is 149 Å². The van der Waals surface area contributed by atoms with Gasteiger partial charge < -0.3 is 14.2 Å². The summed E-state index contributed by atoms with van der Waals surface area (Å²) in [6.07, 6.45) is 0. The first-order valence-electron chi connectivity index (χ1n) is 7.95. The largest absolute Gasteiger partial charge is 0.494 e. The highest BCUT2D eigenvalue weighted by Crippen LogP contribution is 2.32. The summed E-state index contributed by atoms with van der Waals surface area (Å²) in [7, 11) is -0.755. The van der Waals surface area contributed by atoms with Crippen LogP contribution in [0.3, 0.4) is 0 Å². The SMILES string of the molecule is CCOc1ccc(N(CC)S(=O)(=O)c2ccc(OC)c(OC)c2)cc1. The minimum Gasteiger partial charge on any atom is -0.494 e. The van der Waals surface area contributed by atoms with Gasteiger partial charge in [-0.1, -0.05) is 0 Å². The van der Waals surface area contributed by atoms with Gasteiger partial charge in [0, 0.05) is 12.6 Å². The van der Waals surface area contributed by atoms with Crippen LogP contribution < -0.4 is 18.5 Å². The summed E-state index contributed by atoms with van der Waals surface area (Å²) in [5, 5.41) is 0. The highest BCUT2D eigenvalue weighted by Gasteiger charge is 2.25. The average Bonchev–Trinajstić information content (AvgIpc) is 2.63. The number of sulfonamides is 1. The number of hydrogen-bond acceptors (Lipinski definition) is 5. The Bertz CT molecular complexity index is 803. The Balaban J connectivity index is 2.41. The van der Waals surface area contributed by atoms with Crippen LogP contribution in [0.25, 0.3) is 0 Å². The van der Waals surface area contributed by atoms with E-state index in [0.717, 1.165) is 0 Å². The van der Waals surface area contributed by atoms with Crippen LogP contribution in [0.15, 0.2) is 47.4 Å². The molecule has 0 saturated heterocycles. The quantitative estimate of drug-likeness (QED) is 0.718. The van der Waals surface area contributed by atoms with Gasteiger partial charge in [-0.15, -0.1) is 0 Å². The lowest BCUT2D eigenvalue weighted by Crippen LogP contribution is -2.30. The lowest BCUT2D eigenvalue weighted by molar-refractivity contribution is 0.340. The van der Waals surface area contributed by atoms with E-state index in [1.54, 1.807) is 37.3 Å². The summed E-state index contributed by atoms with van der Waals surface area (Å²) in [5.41, 5.74) is 0.570. The van der Waals surface area contributed by atoms with Crippen molar-refractivity contribution >= 4 is 15.7 Å². The van der Waals surface area contributed by atoms with Crippen molar-refractivity contribution in [3.63, 3.8) is 0 Å². The highest BCUT2D eigenvalue weighted by atomic mass is 32.2. The van der Waals surface area contributed by atoms with Crippen LogP contribution >= 0.6 is 0 Å². The summed E-state index contributed by atoms with van der Waals surface area (Å²) in [6.45, 7) is 4.54. The Morgan fingerprint density at radius 3 is 2.08 bits per heavy atom. The number of anilines is 1. The molecule has 136 valence electrons. The maximum absolute atomic E-state index is 13.0. The molecule has 0 fully saturated rings. The number of methoxy groups -OCH3 is 2. The number of benzene rings is 2. The fourth-order valence-electron chi connectivity index (χ4n) is 2.47. The first-order chi connectivity index (χ1) is 12.0. The van der Waals surface area contributed by atoms with Crippen LogP contribution in [-0.2, 0) is 10.0 Å². The van der Waals surface area contributed by atoms with Crippen LogP contribution in [0.2, 0.25) is 0 Å². The molecule has 0 aliphatic heterocycles. The minimum absolute atomic E-state index is 0.140. The molecule has 0 N–H and O–H groups in total. The molecule has 0 atom stereocenters. The van der Waals surface area contributed by atoms with Gasteiger partial charge >= 0.3 is 0 Å². The van der Waals surface area contributed by atoms with Crippen molar-refractivity contribution in [2.24, 2.45) is 0 Å². The van der Waals surface area contributed by atoms with E-state index in [-0.39, 0.29) is 4.90 Å². The van der Waals surface area contributed by atoms with Crippen LogP contribution in [0.5, 0.6) is 17.2 Å². The smallest absolute Gasteiger partial charge is 0.264 e. The third kappa shape index (κ3) is 3.99. The lowest BCUT2D eigenvalue weighted by atomic mass is 10.3. The molecule has 2 aromatic carbocycles. The molecule has 2 aromatic rings. The van der Waals surface area contributed by atoms with Gasteiger partial charge in [0.05, 0.1) is 31.4 Å². The lowest BCUT2D eigenvalue weighted by Gasteiger charge is -2.23. The van der Waals surface area contributed by atoms with Crippen molar-refractivity contribution in [2.45, 2.75) is 18.7 Å². The van der Waals surface area contributed by atoms with Crippen LogP contribution in [0.1, 0.15) is 13.8 Å². The molecular weight excluding hydrogens is 342 g/mol. The summed E-state index contributed by atoms with van der Waals surface area (Å²) in [6, 6.07) is 11.5. The van der Waals surface area contributed by atoms with Gasteiger partial charge in [0.2, 0.25) is 0 Å². The van der Waals surface area contributed by atoms with Crippen molar-refractivity contribution in [3.8, 4) is 17.2 Å². The maximum atomic E-state index is 13.0. The van der Waals surface area contributed by atoms with E-state index in [9.17, 15) is 8.42 Å². The highest BCUT2D eigenvalue weighted by molar-refractivity contribution is 7.92. The Morgan fingerprint density at radius 1 is 0.920 bits per heavy atom. The van der Waals surface area contributed by atoms with Crippen molar-refractivity contribution in [3.05, 3.63) is 42.5 Å². The Morgan fingerprint density at radius 2 is 1.56 bits per heavy atom. The molecular formula is C18H23NO5S. The molecule has 0 bridgehead atoms. The van der Waals surface area contributed by atoms with Crippen LogP contribution in [-0.4, -0.2) is 35.8 Å². The summed E-state index contributed by atoms with van der Waals surface area (Å²) in [5.74, 6) is 1.54. The normalized spacial score (nSPS) is 11.0. The molecule has 0 aliphatic carbocycles. The zero-order valence-electron chi connectivity index (χ0n) is 14.9. The predicted octanol–water partition coefficient (Wildman–Crippen LogP) is 3.32. The second-order valence-electron chi connectivity index (χ2n) is 5.11. The first-order valence-corrected chi connectivity index (χ1v) is 9.39.